The molecular weight excluding hydrogens is 369 g/mol. The summed E-state index contributed by atoms with van der Waals surface area (Å²) >= 11 is 0. The lowest BCUT2D eigenvalue weighted by atomic mass is 10.0. The summed E-state index contributed by atoms with van der Waals surface area (Å²) in [6.45, 7) is 2.03. The Morgan fingerprint density at radius 2 is 1.93 bits per heavy atom. The largest absolute Gasteiger partial charge is 0.507 e. The molecule has 0 fully saturated rings. The van der Waals surface area contributed by atoms with Gasteiger partial charge in [0.05, 0.1) is 16.8 Å². The van der Waals surface area contributed by atoms with Gasteiger partial charge in [-0.2, -0.15) is 5.10 Å². The average Bonchev–Trinajstić information content (AvgIpc) is 3.07. The number of phenols is 1. The summed E-state index contributed by atoms with van der Waals surface area (Å²) in [5, 5.41) is 18.4. The molecule has 0 saturated heterocycles. The zero-order chi connectivity index (χ0) is 20.5. The molecule has 1 heterocycles. The Morgan fingerprint density at radius 1 is 1.14 bits per heavy atom. The predicted octanol–water partition coefficient (Wildman–Crippen LogP) is 4.58. The number of nitrogens with one attached hydrogen (secondary N) is 1. The summed E-state index contributed by atoms with van der Waals surface area (Å²) in [4.78, 5) is 14.3. The van der Waals surface area contributed by atoms with Crippen LogP contribution in [0.15, 0.2) is 60.7 Å². The van der Waals surface area contributed by atoms with Crippen molar-refractivity contribution in [3.8, 4) is 5.75 Å². The molecule has 6 heteroatoms. The standard InChI is InChI=1S/C23H20FN3O2/c1-14-5-3-6-15(9-14)10-20-18-12-19(22(28)13-21(18)26-25-20)23(29)27(2)17-8-4-7-16(24)11-17/h3-9,11-13,28H,10H2,1-2H3,(H,25,26). The van der Waals surface area contributed by atoms with E-state index in [1.165, 1.54) is 29.2 Å². The van der Waals surface area contributed by atoms with Gasteiger partial charge in [0.25, 0.3) is 5.91 Å². The molecule has 5 nitrogen and oxygen atoms in total. The Kier molecular flexibility index (Phi) is 4.76. The van der Waals surface area contributed by atoms with Crippen molar-refractivity contribution in [2.75, 3.05) is 11.9 Å². The quantitative estimate of drug-likeness (QED) is 0.537. The number of H-pyrrole nitrogens is 1. The number of carbonyl (C=O) groups excluding carboxylic acids is 1. The number of rotatable bonds is 4. The highest BCUT2D eigenvalue weighted by Crippen LogP contribution is 2.29. The molecule has 4 rings (SSSR count). The lowest BCUT2D eigenvalue weighted by Gasteiger charge is -2.18. The minimum atomic E-state index is -0.433. The van der Waals surface area contributed by atoms with E-state index in [4.69, 9.17) is 0 Å². The van der Waals surface area contributed by atoms with Crippen LogP contribution in [0.25, 0.3) is 10.9 Å². The van der Waals surface area contributed by atoms with Crippen molar-refractivity contribution in [1.82, 2.24) is 10.2 Å². The Balaban J connectivity index is 1.71. The third-order valence-corrected chi connectivity index (χ3v) is 4.94. The maximum Gasteiger partial charge on any atom is 0.261 e. The number of halogens is 1. The first-order valence-corrected chi connectivity index (χ1v) is 9.21. The molecule has 0 aliphatic heterocycles. The van der Waals surface area contributed by atoms with Crippen LogP contribution in [-0.4, -0.2) is 28.3 Å². The molecule has 1 aromatic heterocycles. The number of carbonyl (C=O) groups is 1. The van der Waals surface area contributed by atoms with Gasteiger partial charge in [0.2, 0.25) is 0 Å². The summed E-state index contributed by atoms with van der Waals surface area (Å²) in [5.74, 6) is -1.02. The number of aryl methyl sites for hydroxylation is 1. The minimum absolute atomic E-state index is 0.135. The number of aromatic amines is 1. The molecule has 0 aliphatic carbocycles. The SMILES string of the molecule is Cc1cccc(Cc2n[nH]c3cc(O)c(C(=O)N(C)c4cccc(F)c4)cc23)c1. The van der Waals surface area contributed by atoms with Gasteiger partial charge in [-0.15, -0.1) is 0 Å². The third-order valence-electron chi connectivity index (χ3n) is 4.94. The van der Waals surface area contributed by atoms with E-state index in [9.17, 15) is 14.3 Å². The van der Waals surface area contributed by atoms with Gasteiger partial charge in [0.1, 0.15) is 11.6 Å². The first-order chi connectivity index (χ1) is 13.9. The summed E-state index contributed by atoms with van der Waals surface area (Å²) in [6.07, 6.45) is 0.597. The van der Waals surface area contributed by atoms with Gasteiger partial charge < -0.3 is 10.0 Å². The Hall–Kier alpha value is -3.67. The van der Waals surface area contributed by atoms with Gasteiger partial charge in [0.15, 0.2) is 0 Å². The van der Waals surface area contributed by atoms with Crippen molar-refractivity contribution >= 4 is 22.5 Å². The fourth-order valence-electron chi connectivity index (χ4n) is 3.41. The van der Waals surface area contributed by atoms with Crippen molar-refractivity contribution in [3.05, 3.63) is 88.9 Å². The molecule has 0 unspecified atom stereocenters. The maximum absolute atomic E-state index is 13.5. The second kappa shape index (κ2) is 7.39. The van der Waals surface area contributed by atoms with Crippen molar-refractivity contribution in [2.45, 2.75) is 13.3 Å². The molecule has 146 valence electrons. The number of phenolic OH excluding ortho intramolecular Hbond substituents is 1. The lowest BCUT2D eigenvalue weighted by Crippen LogP contribution is -2.26. The fraction of sp³-hybridized carbons (Fsp3) is 0.130. The highest BCUT2D eigenvalue weighted by molar-refractivity contribution is 6.09. The third kappa shape index (κ3) is 3.69. The van der Waals surface area contributed by atoms with Gasteiger partial charge >= 0.3 is 0 Å². The molecule has 4 aromatic rings. The second-order valence-corrected chi connectivity index (χ2v) is 7.10. The first kappa shape index (κ1) is 18.7. The summed E-state index contributed by atoms with van der Waals surface area (Å²) in [7, 11) is 1.55. The van der Waals surface area contributed by atoms with Gasteiger partial charge in [0, 0.05) is 30.6 Å². The van der Waals surface area contributed by atoms with Crippen LogP contribution in [0.3, 0.4) is 0 Å². The van der Waals surface area contributed by atoms with Gasteiger partial charge in [-0.05, 0) is 36.8 Å². The molecule has 0 spiro atoms. The molecule has 29 heavy (non-hydrogen) atoms. The number of aromatic nitrogens is 2. The van der Waals surface area contributed by atoms with Crippen LogP contribution >= 0.6 is 0 Å². The minimum Gasteiger partial charge on any atom is -0.507 e. The van der Waals surface area contributed by atoms with Crippen LogP contribution < -0.4 is 4.90 Å². The highest BCUT2D eigenvalue weighted by Gasteiger charge is 2.20. The number of hydrogen-bond donors (Lipinski definition) is 2. The van der Waals surface area contributed by atoms with Gasteiger partial charge in [-0.3, -0.25) is 9.89 Å². The van der Waals surface area contributed by atoms with E-state index in [1.54, 1.807) is 19.2 Å². The van der Waals surface area contributed by atoms with E-state index in [1.807, 2.05) is 25.1 Å². The average molecular weight is 389 g/mol. The number of fused-ring (bicyclic) bond motifs is 1. The predicted molar refractivity (Wildman–Crippen MR) is 111 cm³/mol. The van der Waals surface area contributed by atoms with E-state index in [0.717, 1.165) is 22.2 Å². The maximum atomic E-state index is 13.5. The van der Waals surface area contributed by atoms with Gasteiger partial charge in [-0.1, -0.05) is 35.9 Å². The van der Waals surface area contributed by atoms with E-state index < -0.39 is 11.7 Å². The van der Waals surface area contributed by atoms with Gasteiger partial charge in [-0.25, -0.2) is 4.39 Å². The normalized spacial score (nSPS) is 11.0. The zero-order valence-corrected chi connectivity index (χ0v) is 16.1. The number of anilines is 1. The monoisotopic (exact) mass is 389 g/mol. The highest BCUT2D eigenvalue weighted by atomic mass is 19.1. The molecule has 3 aromatic carbocycles. The molecule has 0 aliphatic rings. The van der Waals surface area contributed by atoms with Crippen LogP contribution in [0, 0.1) is 12.7 Å². The van der Waals surface area contributed by atoms with Crippen molar-refractivity contribution in [3.63, 3.8) is 0 Å². The smallest absolute Gasteiger partial charge is 0.261 e. The zero-order valence-electron chi connectivity index (χ0n) is 16.1. The van der Waals surface area contributed by atoms with E-state index in [0.29, 0.717) is 17.6 Å². The van der Waals surface area contributed by atoms with E-state index in [-0.39, 0.29) is 11.3 Å². The topological polar surface area (TPSA) is 69.2 Å². The molecule has 1 amide bonds. The van der Waals surface area contributed by atoms with Crippen molar-refractivity contribution in [1.29, 1.82) is 0 Å². The second-order valence-electron chi connectivity index (χ2n) is 7.10. The van der Waals surface area contributed by atoms with Crippen LogP contribution in [0.1, 0.15) is 27.2 Å². The molecule has 0 saturated carbocycles. The Morgan fingerprint density at radius 3 is 2.69 bits per heavy atom. The number of amides is 1. The van der Waals surface area contributed by atoms with Crippen LogP contribution in [0.2, 0.25) is 0 Å². The van der Waals surface area contributed by atoms with Crippen molar-refractivity contribution < 1.29 is 14.3 Å². The van der Waals surface area contributed by atoms with E-state index >= 15 is 0 Å². The molecule has 0 atom stereocenters. The number of aromatic hydroxyl groups is 1. The number of benzene rings is 3. The fourth-order valence-corrected chi connectivity index (χ4v) is 3.41. The Labute approximate surface area is 167 Å². The van der Waals surface area contributed by atoms with Crippen molar-refractivity contribution in [2.24, 2.45) is 0 Å². The molecule has 0 bridgehead atoms. The lowest BCUT2D eigenvalue weighted by molar-refractivity contribution is 0.0990. The van der Waals surface area contributed by atoms with E-state index in [2.05, 4.69) is 16.3 Å². The van der Waals surface area contributed by atoms with Crippen LogP contribution in [0.4, 0.5) is 10.1 Å². The molecule has 0 radical (unpaired) electrons. The summed E-state index contributed by atoms with van der Waals surface area (Å²) < 4.78 is 13.5. The van der Waals surface area contributed by atoms with Crippen LogP contribution in [-0.2, 0) is 6.42 Å². The summed E-state index contributed by atoms with van der Waals surface area (Å²) in [5.41, 5.74) is 4.24. The number of hydrogen-bond acceptors (Lipinski definition) is 3. The number of nitrogens with zero attached hydrogens (tertiary/aromatic N) is 2. The summed E-state index contributed by atoms with van der Waals surface area (Å²) in [6, 6.07) is 17.0. The molecule has 2 N–H and O–H groups in total. The molecular formula is C23H20FN3O2. The Bertz CT molecular complexity index is 1220. The van der Waals surface area contributed by atoms with Crippen LogP contribution in [0.5, 0.6) is 5.75 Å². The first-order valence-electron chi connectivity index (χ1n) is 9.21.